The van der Waals surface area contributed by atoms with E-state index >= 15 is 0 Å². The number of phenolic OH excluding ortho intramolecular Hbond substituents is 1. The second-order valence-electron chi connectivity index (χ2n) is 6.12. The molecule has 0 unspecified atom stereocenters. The van der Waals surface area contributed by atoms with Gasteiger partial charge in [-0.25, -0.2) is 4.68 Å². The van der Waals surface area contributed by atoms with Crippen LogP contribution in [0.1, 0.15) is 25.5 Å². The molecule has 3 nitrogen and oxygen atoms in total. The lowest BCUT2D eigenvalue weighted by atomic mass is 10.0. The molecular weight excluding hydrogens is 284 g/mol. The third kappa shape index (κ3) is 2.08. The Balaban J connectivity index is 2.21. The highest BCUT2D eigenvalue weighted by atomic mass is 16.3. The Morgan fingerprint density at radius 3 is 2.22 bits per heavy atom. The summed E-state index contributed by atoms with van der Waals surface area (Å²) in [5, 5.41) is 18.2. The van der Waals surface area contributed by atoms with E-state index in [1.54, 1.807) is 0 Å². The van der Waals surface area contributed by atoms with Crippen molar-refractivity contribution in [2.75, 3.05) is 0 Å². The van der Waals surface area contributed by atoms with Crippen molar-refractivity contribution in [3.8, 4) is 11.4 Å². The summed E-state index contributed by atoms with van der Waals surface area (Å²) in [6.07, 6.45) is 0. The average molecular weight is 302 g/mol. The van der Waals surface area contributed by atoms with Crippen molar-refractivity contribution < 1.29 is 5.11 Å². The Hall–Kier alpha value is -2.81. The van der Waals surface area contributed by atoms with Crippen LogP contribution in [-0.4, -0.2) is 14.9 Å². The molecular formula is C20H18N2O. The van der Waals surface area contributed by atoms with Gasteiger partial charge in [-0.1, -0.05) is 56.3 Å². The summed E-state index contributed by atoms with van der Waals surface area (Å²) < 4.78 is 1.99. The monoisotopic (exact) mass is 302 g/mol. The van der Waals surface area contributed by atoms with Crippen molar-refractivity contribution in [2.24, 2.45) is 0 Å². The molecule has 0 atom stereocenters. The molecule has 1 aromatic heterocycles. The van der Waals surface area contributed by atoms with E-state index in [9.17, 15) is 5.11 Å². The van der Waals surface area contributed by atoms with Crippen LogP contribution >= 0.6 is 0 Å². The van der Waals surface area contributed by atoms with Gasteiger partial charge in [0.25, 0.3) is 0 Å². The molecule has 4 aromatic rings. The zero-order valence-electron chi connectivity index (χ0n) is 13.2. The molecule has 0 fully saturated rings. The Kier molecular flexibility index (Phi) is 3.08. The fraction of sp³-hybridized carbons (Fsp3) is 0.150. The van der Waals surface area contributed by atoms with Crippen LogP contribution in [0, 0.1) is 0 Å². The van der Waals surface area contributed by atoms with Crippen molar-refractivity contribution in [3.05, 3.63) is 66.4 Å². The third-order valence-electron chi connectivity index (χ3n) is 4.24. The number of phenols is 1. The van der Waals surface area contributed by atoms with Crippen LogP contribution in [0.2, 0.25) is 0 Å². The molecule has 23 heavy (non-hydrogen) atoms. The summed E-state index contributed by atoms with van der Waals surface area (Å²) in [5.41, 5.74) is 3.08. The molecule has 1 heterocycles. The summed E-state index contributed by atoms with van der Waals surface area (Å²) >= 11 is 0. The normalized spacial score (nSPS) is 11.6. The number of hydrogen-bond acceptors (Lipinski definition) is 2. The molecule has 0 amide bonds. The predicted octanol–water partition coefficient (Wildman–Crippen LogP) is 5.01. The molecule has 0 aliphatic heterocycles. The minimum Gasteiger partial charge on any atom is -0.507 e. The SMILES string of the molecule is CC(C)c1nn(-c2ccccc2)c2c1cc(O)c1ccccc12. The summed E-state index contributed by atoms with van der Waals surface area (Å²) in [6, 6.07) is 19.9. The van der Waals surface area contributed by atoms with E-state index in [1.165, 1.54) is 0 Å². The van der Waals surface area contributed by atoms with Gasteiger partial charge in [-0.3, -0.25) is 0 Å². The standard InChI is InChI=1S/C20H18N2O/c1-13(2)19-17-12-18(23)15-10-6-7-11-16(15)20(17)22(21-19)14-8-4-3-5-9-14/h3-13,23H,1-2H3. The fourth-order valence-electron chi connectivity index (χ4n) is 3.16. The van der Waals surface area contributed by atoms with Crippen LogP contribution in [0.5, 0.6) is 5.75 Å². The first kappa shape index (κ1) is 13.8. The summed E-state index contributed by atoms with van der Waals surface area (Å²) in [4.78, 5) is 0. The van der Waals surface area contributed by atoms with Crippen LogP contribution in [0.25, 0.3) is 27.4 Å². The van der Waals surface area contributed by atoms with Crippen molar-refractivity contribution in [2.45, 2.75) is 19.8 Å². The highest BCUT2D eigenvalue weighted by Crippen LogP contribution is 2.37. The molecule has 0 aliphatic carbocycles. The van der Waals surface area contributed by atoms with Gasteiger partial charge in [-0.05, 0) is 24.1 Å². The van der Waals surface area contributed by atoms with E-state index in [2.05, 4.69) is 26.0 Å². The first-order valence-corrected chi connectivity index (χ1v) is 7.85. The maximum absolute atomic E-state index is 10.4. The lowest BCUT2D eigenvalue weighted by Gasteiger charge is -2.07. The van der Waals surface area contributed by atoms with E-state index in [0.29, 0.717) is 5.75 Å². The quantitative estimate of drug-likeness (QED) is 0.565. The van der Waals surface area contributed by atoms with Gasteiger partial charge in [0.2, 0.25) is 0 Å². The number of nitrogens with zero attached hydrogens (tertiary/aromatic N) is 2. The second kappa shape index (κ2) is 5.13. The Morgan fingerprint density at radius 2 is 1.52 bits per heavy atom. The maximum Gasteiger partial charge on any atom is 0.124 e. The first-order valence-electron chi connectivity index (χ1n) is 7.85. The zero-order chi connectivity index (χ0) is 16.0. The van der Waals surface area contributed by atoms with Crippen molar-refractivity contribution in [3.63, 3.8) is 0 Å². The fourth-order valence-corrected chi connectivity index (χ4v) is 3.16. The number of aromatic hydroxyl groups is 1. The van der Waals surface area contributed by atoms with Gasteiger partial charge in [0, 0.05) is 16.2 Å². The Bertz CT molecular complexity index is 1000. The van der Waals surface area contributed by atoms with Gasteiger partial charge in [0.05, 0.1) is 16.9 Å². The number of fused-ring (bicyclic) bond motifs is 3. The van der Waals surface area contributed by atoms with Gasteiger partial charge >= 0.3 is 0 Å². The van der Waals surface area contributed by atoms with Crippen LogP contribution < -0.4 is 0 Å². The molecule has 0 saturated heterocycles. The Labute approximate surface area is 134 Å². The smallest absolute Gasteiger partial charge is 0.124 e. The van der Waals surface area contributed by atoms with Crippen molar-refractivity contribution in [1.82, 2.24) is 9.78 Å². The molecule has 0 aliphatic rings. The molecule has 0 spiro atoms. The maximum atomic E-state index is 10.4. The first-order chi connectivity index (χ1) is 11.2. The highest BCUT2D eigenvalue weighted by molar-refractivity contribution is 6.10. The Morgan fingerprint density at radius 1 is 0.870 bits per heavy atom. The van der Waals surface area contributed by atoms with Crippen LogP contribution in [-0.2, 0) is 0 Å². The van der Waals surface area contributed by atoms with E-state index in [-0.39, 0.29) is 5.92 Å². The third-order valence-corrected chi connectivity index (χ3v) is 4.24. The topological polar surface area (TPSA) is 38.0 Å². The van der Waals surface area contributed by atoms with Crippen molar-refractivity contribution >= 4 is 21.7 Å². The number of para-hydroxylation sites is 1. The average Bonchev–Trinajstić information content (AvgIpc) is 2.96. The molecule has 3 aromatic carbocycles. The van der Waals surface area contributed by atoms with Crippen LogP contribution in [0.3, 0.4) is 0 Å². The van der Waals surface area contributed by atoms with Gasteiger partial charge < -0.3 is 5.11 Å². The number of rotatable bonds is 2. The largest absolute Gasteiger partial charge is 0.507 e. The zero-order valence-corrected chi connectivity index (χ0v) is 13.2. The van der Waals surface area contributed by atoms with E-state index < -0.39 is 0 Å². The van der Waals surface area contributed by atoms with Crippen LogP contribution in [0.15, 0.2) is 60.7 Å². The number of aromatic nitrogens is 2. The van der Waals surface area contributed by atoms with E-state index in [4.69, 9.17) is 5.10 Å². The highest BCUT2D eigenvalue weighted by Gasteiger charge is 2.18. The predicted molar refractivity (Wildman–Crippen MR) is 94.3 cm³/mol. The van der Waals surface area contributed by atoms with Crippen molar-refractivity contribution in [1.29, 1.82) is 0 Å². The lowest BCUT2D eigenvalue weighted by molar-refractivity contribution is 0.482. The molecule has 1 N–H and O–H groups in total. The van der Waals surface area contributed by atoms with Gasteiger partial charge in [-0.2, -0.15) is 5.10 Å². The molecule has 3 heteroatoms. The summed E-state index contributed by atoms with van der Waals surface area (Å²) in [6.45, 7) is 4.26. The molecule has 0 radical (unpaired) electrons. The summed E-state index contributed by atoms with van der Waals surface area (Å²) in [5.74, 6) is 0.589. The molecule has 114 valence electrons. The molecule has 0 bridgehead atoms. The summed E-state index contributed by atoms with van der Waals surface area (Å²) in [7, 11) is 0. The second-order valence-corrected chi connectivity index (χ2v) is 6.12. The van der Waals surface area contributed by atoms with E-state index in [1.807, 2.05) is 53.2 Å². The minimum atomic E-state index is 0.281. The minimum absolute atomic E-state index is 0.281. The van der Waals surface area contributed by atoms with E-state index in [0.717, 1.165) is 33.1 Å². The number of hydrogen-bond donors (Lipinski definition) is 1. The molecule has 0 saturated carbocycles. The van der Waals surface area contributed by atoms with Gasteiger partial charge in [0.15, 0.2) is 0 Å². The lowest BCUT2D eigenvalue weighted by Crippen LogP contribution is -1.98. The van der Waals surface area contributed by atoms with Gasteiger partial charge in [-0.15, -0.1) is 0 Å². The number of benzene rings is 3. The van der Waals surface area contributed by atoms with Crippen LogP contribution in [0.4, 0.5) is 0 Å². The van der Waals surface area contributed by atoms with Gasteiger partial charge in [0.1, 0.15) is 5.75 Å². The molecule has 4 rings (SSSR count).